The standard InChI is InChI=1S/C8H16N2O/c1-10-4-2-8(3-5-10)6-9-7-11/h7-8H,2-6H2,1H3,(H,9,11). The number of carbonyl (C=O) groups excluding carboxylic acids is 1. The molecule has 1 amide bonds. The zero-order valence-electron chi connectivity index (χ0n) is 7.05. The molecule has 0 saturated carbocycles. The van der Waals surface area contributed by atoms with Gasteiger partial charge in [-0.2, -0.15) is 0 Å². The topological polar surface area (TPSA) is 32.3 Å². The van der Waals surface area contributed by atoms with Gasteiger partial charge in [0.15, 0.2) is 0 Å². The van der Waals surface area contributed by atoms with Crippen LogP contribution < -0.4 is 5.32 Å². The Morgan fingerprint density at radius 3 is 2.73 bits per heavy atom. The minimum absolute atomic E-state index is 0.705. The summed E-state index contributed by atoms with van der Waals surface area (Å²) in [5.41, 5.74) is 0. The Morgan fingerprint density at radius 1 is 1.55 bits per heavy atom. The first-order chi connectivity index (χ1) is 5.33. The lowest BCUT2D eigenvalue weighted by atomic mass is 9.97. The fourth-order valence-corrected chi connectivity index (χ4v) is 1.48. The molecule has 0 radical (unpaired) electrons. The molecule has 1 N–H and O–H groups in total. The highest BCUT2D eigenvalue weighted by Crippen LogP contribution is 2.14. The van der Waals surface area contributed by atoms with Gasteiger partial charge in [0, 0.05) is 6.54 Å². The normalized spacial score (nSPS) is 21.5. The lowest BCUT2D eigenvalue weighted by molar-refractivity contribution is -0.109. The molecular weight excluding hydrogens is 140 g/mol. The molecule has 1 fully saturated rings. The first kappa shape index (κ1) is 8.53. The Morgan fingerprint density at radius 2 is 2.18 bits per heavy atom. The van der Waals surface area contributed by atoms with Crippen LogP contribution in [0.25, 0.3) is 0 Å². The van der Waals surface area contributed by atoms with E-state index in [1.54, 1.807) is 0 Å². The van der Waals surface area contributed by atoms with E-state index in [2.05, 4.69) is 17.3 Å². The number of carbonyl (C=O) groups is 1. The molecule has 0 bridgehead atoms. The summed E-state index contributed by atoms with van der Waals surface area (Å²) >= 11 is 0. The molecule has 1 heterocycles. The second-order valence-corrected chi connectivity index (χ2v) is 3.27. The van der Waals surface area contributed by atoms with E-state index in [0.717, 1.165) is 13.0 Å². The quantitative estimate of drug-likeness (QED) is 0.587. The number of nitrogens with zero attached hydrogens (tertiary/aromatic N) is 1. The van der Waals surface area contributed by atoms with Crippen molar-refractivity contribution in [1.29, 1.82) is 0 Å². The minimum Gasteiger partial charge on any atom is -0.358 e. The number of piperidine rings is 1. The fraction of sp³-hybridized carbons (Fsp3) is 0.875. The van der Waals surface area contributed by atoms with E-state index in [-0.39, 0.29) is 0 Å². The van der Waals surface area contributed by atoms with Crippen LogP contribution in [0.15, 0.2) is 0 Å². The molecule has 0 aromatic rings. The van der Waals surface area contributed by atoms with Gasteiger partial charge >= 0.3 is 0 Å². The Balaban J connectivity index is 2.12. The highest BCUT2D eigenvalue weighted by molar-refractivity contribution is 5.45. The van der Waals surface area contributed by atoms with Crippen LogP contribution in [-0.2, 0) is 4.79 Å². The summed E-state index contributed by atoms with van der Waals surface area (Å²) in [4.78, 5) is 12.3. The highest BCUT2D eigenvalue weighted by atomic mass is 16.1. The van der Waals surface area contributed by atoms with Crippen LogP contribution in [0.5, 0.6) is 0 Å². The third-order valence-corrected chi connectivity index (χ3v) is 2.33. The summed E-state index contributed by atoms with van der Waals surface area (Å²) in [5.74, 6) is 0.705. The van der Waals surface area contributed by atoms with Crippen LogP contribution in [0.4, 0.5) is 0 Å². The summed E-state index contributed by atoms with van der Waals surface area (Å²) in [6, 6.07) is 0. The molecule has 1 saturated heterocycles. The molecule has 1 aliphatic rings. The van der Waals surface area contributed by atoms with E-state index >= 15 is 0 Å². The average Bonchev–Trinajstić information content (AvgIpc) is 2.04. The highest BCUT2D eigenvalue weighted by Gasteiger charge is 2.15. The Hall–Kier alpha value is -0.570. The van der Waals surface area contributed by atoms with Gasteiger partial charge in [0.05, 0.1) is 0 Å². The molecule has 0 aromatic heterocycles. The first-order valence-corrected chi connectivity index (χ1v) is 4.18. The average molecular weight is 156 g/mol. The SMILES string of the molecule is CN1CCC(CNC=O)CC1. The van der Waals surface area contributed by atoms with Crippen molar-refractivity contribution in [1.82, 2.24) is 10.2 Å². The summed E-state index contributed by atoms with van der Waals surface area (Å²) < 4.78 is 0. The third-order valence-electron chi connectivity index (χ3n) is 2.33. The van der Waals surface area contributed by atoms with Crippen LogP contribution in [0.2, 0.25) is 0 Å². The zero-order chi connectivity index (χ0) is 8.10. The monoisotopic (exact) mass is 156 g/mol. The van der Waals surface area contributed by atoms with Crippen molar-refractivity contribution in [2.45, 2.75) is 12.8 Å². The van der Waals surface area contributed by atoms with Crippen LogP contribution in [0.1, 0.15) is 12.8 Å². The van der Waals surface area contributed by atoms with Crippen molar-refractivity contribution in [2.75, 3.05) is 26.7 Å². The first-order valence-electron chi connectivity index (χ1n) is 4.18. The van der Waals surface area contributed by atoms with E-state index < -0.39 is 0 Å². The second-order valence-electron chi connectivity index (χ2n) is 3.27. The lowest BCUT2D eigenvalue weighted by Gasteiger charge is -2.28. The molecule has 3 heteroatoms. The van der Waals surface area contributed by atoms with Crippen molar-refractivity contribution < 1.29 is 4.79 Å². The largest absolute Gasteiger partial charge is 0.358 e. The van der Waals surface area contributed by atoms with Gasteiger partial charge < -0.3 is 10.2 Å². The van der Waals surface area contributed by atoms with Crippen molar-refractivity contribution in [3.63, 3.8) is 0 Å². The van der Waals surface area contributed by atoms with E-state index in [1.165, 1.54) is 25.9 Å². The number of rotatable bonds is 3. The zero-order valence-corrected chi connectivity index (χ0v) is 7.05. The maximum atomic E-state index is 9.99. The molecule has 3 nitrogen and oxygen atoms in total. The van der Waals surface area contributed by atoms with Crippen molar-refractivity contribution in [3.8, 4) is 0 Å². The number of amides is 1. The fourth-order valence-electron chi connectivity index (χ4n) is 1.48. The summed E-state index contributed by atoms with van der Waals surface area (Å²) in [6.07, 6.45) is 3.23. The summed E-state index contributed by atoms with van der Waals surface area (Å²) in [5, 5.41) is 2.73. The molecule has 0 unspecified atom stereocenters. The third kappa shape index (κ3) is 2.89. The molecule has 0 spiro atoms. The molecule has 0 aromatic carbocycles. The van der Waals surface area contributed by atoms with Crippen LogP contribution in [-0.4, -0.2) is 38.0 Å². The van der Waals surface area contributed by atoms with Gasteiger partial charge in [0.25, 0.3) is 0 Å². The smallest absolute Gasteiger partial charge is 0.207 e. The molecule has 11 heavy (non-hydrogen) atoms. The van der Waals surface area contributed by atoms with Crippen LogP contribution in [0, 0.1) is 5.92 Å². The van der Waals surface area contributed by atoms with Gasteiger partial charge in [-0.15, -0.1) is 0 Å². The second kappa shape index (κ2) is 4.34. The predicted octanol–water partition coefficient (Wildman–Crippen LogP) is 0.0742. The molecule has 64 valence electrons. The summed E-state index contributed by atoms with van der Waals surface area (Å²) in [7, 11) is 2.14. The van der Waals surface area contributed by atoms with E-state index in [0.29, 0.717) is 5.92 Å². The van der Waals surface area contributed by atoms with Gasteiger partial charge in [-0.25, -0.2) is 0 Å². The van der Waals surface area contributed by atoms with Crippen molar-refractivity contribution >= 4 is 6.41 Å². The number of hydrogen-bond donors (Lipinski definition) is 1. The van der Waals surface area contributed by atoms with E-state index in [1.807, 2.05) is 0 Å². The Labute approximate surface area is 67.8 Å². The molecule has 0 atom stereocenters. The van der Waals surface area contributed by atoms with E-state index in [9.17, 15) is 4.79 Å². The maximum absolute atomic E-state index is 9.99. The number of hydrogen-bond acceptors (Lipinski definition) is 2. The molecule has 1 aliphatic heterocycles. The summed E-state index contributed by atoms with van der Waals surface area (Å²) in [6.45, 7) is 3.20. The Bertz CT molecular complexity index is 119. The molecular formula is C8H16N2O. The van der Waals surface area contributed by atoms with Gasteiger partial charge in [-0.1, -0.05) is 0 Å². The van der Waals surface area contributed by atoms with E-state index in [4.69, 9.17) is 0 Å². The predicted molar refractivity (Wildman–Crippen MR) is 44.3 cm³/mol. The minimum atomic E-state index is 0.705. The lowest BCUT2D eigenvalue weighted by Crippen LogP contribution is -2.34. The molecule has 0 aliphatic carbocycles. The Kier molecular flexibility index (Phi) is 3.36. The van der Waals surface area contributed by atoms with Crippen molar-refractivity contribution in [3.05, 3.63) is 0 Å². The maximum Gasteiger partial charge on any atom is 0.207 e. The van der Waals surface area contributed by atoms with Crippen LogP contribution >= 0.6 is 0 Å². The number of likely N-dealkylation sites (tertiary alicyclic amines) is 1. The van der Waals surface area contributed by atoms with Gasteiger partial charge in [-0.05, 0) is 38.9 Å². The van der Waals surface area contributed by atoms with Gasteiger partial charge in [-0.3, -0.25) is 4.79 Å². The van der Waals surface area contributed by atoms with Gasteiger partial charge in [0.2, 0.25) is 6.41 Å². The van der Waals surface area contributed by atoms with Gasteiger partial charge in [0.1, 0.15) is 0 Å². The molecule has 1 rings (SSSR count). The number of nitrogens with one attached hydrogen (secondary N) is 1. The van der Waals surface area contributed by atoms with Crippen molar-refractivity contribution in [2.24, 2.45) is 5.92 Å². The van der Waals surface area contributed by atoms with Crippen LogP contribution in [0.3, 0.4) is 0 Å².